The van der Waals surface area contributed by atoms with Crippen LogP contribution in [0.2, 0.25) is 0 Å². The van der Waals surface area contributed by atoms with Crippen molar-refractivity contribution in [1.29, 1.82) is 0 Å². The van der Waals surface area contributed by atoms with E-state index in [0.29, 0.717) is 18.0 Å². The van der Waals surface area contributed by atoms with E-state index < -0.39 is 10.0 Å². The van der Waals surface area contributed by atoms with Crippen molar-refractivity contribution >= 4 is 10.0 Å². The average molecular weight is 282 g/mol. The maximum Gasteiger partial charge on any atom is 0.243 e. The zero-order valence-electron chi connectivity index (χ0n) is 11.8. The van der Waals surface area contributed by atoms with Crippen molar-refractivity contribution < 1.29 is 8.42 Å². The quantitative estimate of drug-likeness (QED) is 0.918. The Bertz CT molecular complexity index is 558. The van der Waals surface area contributed by atoms with Crippen LogP contribution in [0.25, 0.3) is 0 Å². The third-order valence-corrected chi connectivity index (χ3v) is 6.02. The number of aryl methyl sites for hydroxylation is 3. The molecule has 1 aromatic carbocycles. The molecule has 0 spiro atoms. The number of hydrogen-bond acceptors (Lipinski definition) is 3. The molecule has 1 heterocycles. The van der Waals surface area contributed by atoms with Gasteiger partial charge in [-0.15, -0.1) is 0 Å². The molecule has 0 bridgehead atoms. The number of sulfonamides is 1. The van der Waals surface area contributed by atoms with Crippen LogP contribution in [0.3, 0.4) is 0 Å². The van der Waals surface area contributed by atoms with E-state index in [0.717, 1.165) is 29.5 Å². The molecule has 5 heteroatoms. The van der Waals surface area contributed by atoms with Gasteiger partial charge < -0.3 is 5.73 Å². The first-order chi connectivity index (χ1) is 8.87. The zero-order valence-corrected chi connectivity index (χ0v) is 12.6. The van der Waals surface area contributed by atoms with Gasteiger partial charge in [-0.3, -0.25) is 0 Å². The van der Waals surface area contributed by atoms with E-state index in [2.05, 4.69) is 0 Å². The third kappa shape index (κ3) is 2.55. The van der Waals surface area contributed by atoms with Crippen LogP contribution in [0, 0.1) is 20.8 Å². The normalized spacial score (nSPS) is 20.9. The summed E-state index contributed by atoms with van der Waals surface area (Å²) in [6, 6.07) is 3.80. The summed E-state index contributed by atoms with van der Waals surface area (Å²) in [4.78, 5) is 0.457. The minimum Gasteiger partial charge on any atom is -0.329 e. The highest BCUT2D eigenvalue weighted by Gasteiger charge is 2.35. The van der Waals surface area contributed by atoms with Crippen LogP contribution in [0.15, 0.2) is 17.0 Å². The second-order valence-corrected chi connectivity index (χ2v) is 7.20. The number of nitrogens with zero attached hydrogens (tertiary/aromatic N) is 1. The van der Waals surface area contributed by atoms with Gasteiger partial charge in [0.25, 0.3) is 0 Å². The van der Waals surface area contributed by atoms with Crippen molar-refractivity contribution in [2.24, 2.45) is 5.73 Å². The summed E-state index contributed by atoms with van der Waals surface area (Å²) in [7, 11) is -3.42. The Kier molecular flexibility index (Phi) is 3.99. The predicted molar refractivity (Wildman–Crippen MR) is 76.6 cm³/mol. The lowest BCUT2D eigenvalue weighted by molar-refractivity contribution is 0.392. The maximum absolute atomic E-state index is 12.8. The Morgan fingerprint density at radius 1 is 1.26 bits per heavy atom. The molecule has 0 aliphatic carbocycles. The van der Waals surface area contributed by atoms with Crippen molar-refractivity contribution in [2.75, 3.05) is 13.1 Å². The van der Waals surface area contributed by atoms with E-state index in [9.17, 15) is 8.42 Å². The molecule has 0 saturated carbocycles. The summed E-state index contributed by atoms with van der Waals surface area (Å²) in [5.74, 6) is 0. The van der Waals surface area contributed by atoms with E-state index in [1.807, 2.05) is 32.9 Å². The monoisotopic (exact) mass is 282 g/mol. The van der Waals surface area contributed by atoms with Crippen molar-refractivity contribution in [2.45, 2.75) is 44.6 Å². The molecule has 1 fully saturated rings. The second kappa shape index (κ2) is 5.23. The van der Waals surface area contributed by atoms with Crippen LogP contribution in [0.4, 0.5) is 0 Å². The van der Waals surface area contributed by atoms with Crippen molar-refractivity contribution in [3.8, 4) is 0 Å². The Labute approximate surface area is 115 Å². The zero-order chi connectivity index (χ0) is 14.2. The van der Waals surface area contributed by atoms with Crippen LogP contribution < -0.4 is 5.73 Å². The first-order valence-electron chi connectivity index (χ1n) is 6.67. The maximum atomic E-state index is 12.8. The van der Waals surface area contributed by atoms with Crippen LogP contribution in [0.5, 0.6) is 0 Å². The van der Waals surface area contributed by atoms with Gasteiger partial charge in [-0.1, -0.05) is 17.7 Å². The number of hydrogen-bond donors (Lipinski definition) is 1. The van der Waals surface area contributed by atoms with Gasteiger partial charge in [0.1, 0.15) is 0 Å². The van der Waals surface area contributed by atoms with Crippen LogP contribution in [-0.2, 0) is 10.0 Å². The summed E-state index contributed by atoms with van der Waals surface area (Å²) < 4.78 is 27.2. The third-order valence-electron chi connectivity index (χ3n) is 3.77. The molecule has 2 rings (SSSR count). The van der Waals surface area contributed by atoms with E-state index in [1.165, 1.54) is 0 Å². The lowest BCUT2D eigenvalue weighted by atomic mass is 10.1. The molecular weight excluding hydrogens is 260 g/mol. The fourth-order valence-corrected chi connectivity index (χ4v) is 5.17. The smallest absolute Gasteiger partial charge is 0.243 e. The van der Waals surface area contributed by atoms with Crippen LogP contribution in [0.1, 0.15) is 29.5 Å². The van der Waals surface area contributed by atoms with Gasteiger partial charge in [-0.25, -0.2) is 8.42 Å². The van der Waals surface area contributed by atoms with E-state index in [1.54, 1.807) is 4.31 Å². The van der Waals surface area contributed by atoms with E-state index in [4.69, 9.17) is 5.73 Å². The lowest BCUT2D eigenvalue weighted by Gasteiger charge is -2.25. The molecule has 106 valence electrons. The molecule has 0 radical (unpaired) electrons. The number of benzene rings is 1. The fraction of sp³-hybridized carbons (Fsp3) is 0.571. The molecule has 1 aromatic rings. The van der Waals surface area contributed by atoms with E-state index >= 15 is 0 Å². The first kappa shape index (κ1) is 14.5. The first-order valence-corrected chi connectivity index (χ1v) is 8.11. The Morgan fingerprint density at radius 2 is 1.84 bits per heavy atom. The minimum absolute atomic E-state index is 0.0508. The largest absolute Gasteiger partial charge is 0.329 e. The highest BCUT2D eigenvalue weighted by Crippen LogP contribution is 2.30. The van der Waals surface area contributed by atoms with Crippen LogP contribution in [-0.4, -0.2) is 31.9 Å². The molecule has 1 aliphatic rings. The SMILES string of the molecule is Cc1cc(C)c(S(=O)(=O)N2CCCC2CN)c(C)c1. The lowest BCUT2D eigenvalue weighted by Crippen LogP contribution is -2.40. The average Bonchev–Trinajstić information content (AvgIpc) is 2.75. The minimum atomic E-state index is -3.42. The molecule has 19 heavy (non-hydrogen) atoms. The molecular formula is C14H22N2O2S. The van der Waals surface area contributed by atoms with Gasteiger partial charge in [0.15, 0.2) is 0 Å². The van der Waals surface area contributed by atoms with Gasteiger partial charge >= 0.3 is 0 Å². The van der Waals surface area contributed by atoms with Gasteiger partial charge in [-0.05, 0) is 44.7 Å². The van der Waals surface area contributed by atoms with Crippen molar-refractivity contribution in [1.82, 2.24) is 4.31 Å². The molecule has 1 saturated heterocycles. The summed E-state index contributed by atoms with van der Waals surface area (Å²) >= 11 is 0. The number of nitrogens with two attached hydrogens (primary N) is 1. The Balaban J connectivity index is 2.51. The van der Waals surface area contributed by atoms with Gasteiger partial charge in [-0.2, -0.15) is 4.31 Å². The van der Waals surface area contributed by atoms with Crippen LogP contribution >= 0.6 is 0 Å². The highest BCUT2D eigenvalue weighted by atomic mass is 32.2. The fourth-order valence-electron chi connectivity index (χ4n) is 3.05. The Morgan fingerprint density at radius 3 is 2.37 bits per heavy atom. The molecule has 1 unspecified atom stereocenters. The molecule has 1 atom stereocenters. The van der Waals surface area contributed by atoms with Gasteiger partial charge in [0.2, 0.25) is 10.0 Å². The molecule has 4 nitrogen and oxygen atoms in total. The number of rotatable bonds is 3. The molecule has 2 N–H and O–H groups in total. The van der Waals surface area contributed by atoms with Gasteiger partial charge in [0.05, 0.1) is 4.90 Å². The molecule has 0 amide bonds. The summed E-state index contributed by atoms with van der Waals surface area (Å²) in [6.07, 6.45) is 1.75. The predicted octanol–water partition coefficient (Wildman–Crippen LogP) is 1.72. The summed E-state index contributed by atoms with van der Waals surface area (Å²) in [6.45, 7) is 6.68. The highest BCUT2D eigenvalue weighted by molar-refractivity contribution is 7.89. The Hall–Kier alpha value is -0.910. The van der Waals surface area contributed by atoms with Crippen molar-refractivity contribution in [3.63, 3.8) is 0 Å². The summed E-state index contributed by atoms with van der Waals surface area (Å²) in [5.41, 5.74) is 8.42. The van der Waals surface area contributed by atoms with Gasteiger partial charge in [0, 0.05) is 19.1 Å². The molecule has 1 aliphatic heterocycles. The van der Waals surface area contributed by atoms with E-state index in [-0.39, 0.29) is 6.04 Å². The van der Waals surface area contributed by atoms with Crippen molar-refractivity contribution in [3.05, 3.63) is 28.8 Å². The standard InChI is InChI=1S/C14H22N2O2S/c1-10-7-11(2)14(12(3)8-10)19(17,18)16-6-4-5-13(16)9-15/h7-8,13H,4-6,9,15H2,1-3H3. The summed E-state index contributed by atoms with van der Waals surface area (Å²) in [5, 5.41) is 0. The topological polar surface area (TPSA) is 63.4 Å². The molecule has 0 aromatic heterocycles. The second-order valence-electron chi connectivity index (χ2n) is 5.38.